The first kappa shape index (κ1) is 18.7. The van der Waals surface area contributed by atoms with Crippen LogP contribution < -0.4 is 14.8 Å². The zero-order chi connectivity index (χ0) is 19.4. The molecular weight excluding hydrogens is 370 g/mol. The molecule has 1 heterocycles. The highest BCUT2D eigenvalue weighted by molar-refractivity contribution is 6.32. The summed E-state index contributed by atoms with van der Waals surface area (Å²) in [6, 6.07) is 12.2. The Bertz CT molecular complexity index is 960. The maximum Gasteiger partial charge on any atom is 0.265 e. The van der Waals surface area contributed by atoms with Crippen LogP contribution in [-0.4, -0.2) is 39.3 Å². The molecule has 8 nitrogen and oxygen atoms in total. The first-order chi connectivity index (χ1) is 13.0. The van der Waals surface area contributed by atoms with Crippen molar-refractivity contribution in [1.82, 2.24) is 20.2 Å². The third-order valence-electron chi connectivity index (χ3n) is 3.81. The molecule has 0 aliphatic heterocycles. The van der Waals surface area contributed by atoms with Crippen LogP contribution in [0.25, 0.3) is 5.69 Å². The van der Waals surface area contributed by atoms with Crippen LogP contribution in [0.4, 0.5) is 5.69 Å². The molecule has 0 saturated heterocycles. The van der Waals surface area contributed by atoms with Crippen molar-refractivity contribution in [2.24, 2.45) is 0 Å². The molecule has 140 valence electrons. The van der Waals surface area contributed by atoms with Crippen molar-refractivity contribution >= 4 is 23.2 Å². The van der Waals surface area contributed by atoms with Gasteiger partial charge in [0.1, 0.15) is 17.2 Å². The van der Waals surface area contributed by atoms with Crippen LogP contribution in [-0.2, 0) is 4.79 Å². The summed E-state index contributed by atoms with van der Waals surface area (Å²) in [5.74, 6) is 1.29. The topological polar surface area (TPSA) is 91.2 Å². The number of ether oxygens (including phenoxy) is 2. The molecule has 2 aromatic carbocycles. The summed E-state index contributed by atoms with van der Waals surface area (Å²) >= 11 is 6.07. The molecule has 0 saturated carbocycles. The number of anilines is 1. The maximum absolute atomic E-state index is 12.5. The number of aromatic nitrogens is 4. The summed E-state index contributed by atoms with van der Waals surface area (Å²) in [5.41, 5.74) is 1.16. The molecule has 0 aliphatic rings. The summed E-state index contributed by atoms with van der Waals surface area (Å²) in [4.78, 5) is 12.5. The van der Waals surface area contributed by atoms with Crippen molar-refractivity contribution in [1.29, 1.82) is 0 Å². The Labute approximate surface area is 161 Å². The fraction of sp³-hybridized carbons (Fsp3) is 0.222. The number of benzene rings is 2. The molecule has 0 fully saturated rings. The molecule has 0 bridgehead atoms. The minimum absolute atomic E-state index is 0.320. The van der Waals surface area contributed by atoms with Crippen molar-refractivity contribution in [2.45, 2.75) is 20.0 Å². The normalized spacial score (nSPS) is 11.7. The zero-order valence-corrected chi connectivity index (χ0v) is 15.8. The predicted molar refractivity (Wildman–Crippen MR) is 101 cm³/mol. The first-order valence-electron chi connectivity index (χ1n) is 8.15. The first-order valence-corrected chi connectivity index (χ1v) is 8.53. The second kappa shape index (κ2) is 8.05. The van der Waals surface area contributed by atoms with Gasteiger partial charge in [0.2, 0.25) is 0 Å². The second-order valence-corrected chi connectivity index (χ2v) is 6.11. The molecule has 0 aliphatic carbocycles. The van der Waals surface area contributed by atoms with E-state index in [1.54, 1.807) is 63.4 Å². The molecule has 0 radical (unpaired) electrons. The van der Waals surface area contributed by atoms with E-state index in [-0.39, 0.29) is 5.91 Å². The van der Waals surface area contributed by atoms with Crippen molar-refractivity contribution in [3.63, 3.8) is 0 Å². The van der Waals surface area contributed by atoms with Gasteiger partial charge in [0.05, 0.1) is 12.1 Å². The number of hydrogen-bond acceptors (Lipinski definition) is 6. The van der Waals surface area contributed by atoms with Gasteiger partial charge in [-0.1, -0.05) is 23.7 Å². The van der Waals surface area contributed by atoms with E-state index in [0.717, 1.165) is 0 Å². The lowest BCUT2D eigenvalue weighted by atomic mass is 10.2. The predicted octanol–water partition coefficient (Wildman–Crippen LogP) is 3.04. The second-order valence-electron chi connectivity index (χ2n) is 5.70. The number of halogens is 1. The smallest absolute Gasteiger partial charge is 0.265 e. The van der Waals surface area contributed by atoms with Crippen LogP contribution in [0.2, 0.25) is 5.02 Å². The van der Waals surface area contributed by atoms with Crippen LogP contribution >= 0.6 is 11.6 Å². The Balaban J connectivity index is 1.78. The number of rotatable bonds is 6. The summed E-state index contributed by atoms with van der Waals surface area (Å²) in [5, 5.41) is 14.7. The molecule has 3 aromatic rings. The summed E-state index contributed by atoms with van der Waals surface area (Å²) < 4.78 is 12.5. The number of amides is 1. The monoisotopic (exact) mass is 387 g/mol. The van der Waals surface area contributed by atoms with Gasteiger partial charge in [0.25, 0.3) is 5.91 Å². The number of para-hydroxylation sites is 1. The molecule has 1 unspecified atom stereocenters. The number of carbonyl (C=O) groups is 1. The van der Waals surface area contributed by atoms with Crippen LogP contribution in [0.5, 0.6) is 11.5 Å². The lowest BCUT2D eigenvalue weighted by Gasteiger charge is -2.16. The molecule has 9 heteroatoms. The minimum Gasteiger partial charge on any atom is -0.494 e. The van der Waals surface area contributed by atoms with Crippen molar-refractivity contribution in [2.75, 3.05) is 12.4 Å². The number of methoxy groups -OCH3 is 1. The van der Waals surface area contributed by atoms with Gasteiger partial charge in [0.15, 0.2) is 11.9 Å². The SMILES string of the molecule is COc1ccc(NC(=O)C(C)Oc2ccccc2Cl)cc1-n1nnnc1C. The average Bonchev–Trinajstić information content (AvgIpc) is 3.09. The van der Waals surface area contributed by atoms with E-state index in [2.05, 4.69) is 20.8 Å². The van der Waals surface area contributed by atoms with Crippen molar-refractivity contribution in [3.8, 4) is 17.2 Å². The van der Waals surface area contributed by atoms with E-state index >= 15 is 0 Å². The molecule has 1 N–H and O–H groups in total. The van der Waals surface area contributed by atoms with Gasteiger partial charge in [-0.05, 0) is 54.6 Å². The molecule has 3 rings (SSSR count). The Morgan fingerprint density at radius 2 is 2.00 bits per heavy atom. The van der Waals surface area contributed by atoms with Crippen LogP contribution in [0.3, 0.4) is 0 Å². The largest absolute Gasteiger partial charge is 0.494 e. The highest BCUT2D eigenvalue weighted by Crippen LogP contribution is 2.27. The summed E-state index contributed by atoms with van der Waals surface area (Å²) in [6.45, 7) is 3.42. The number of nitrogens with one attached hydrogen (secondary N) is 1. The average molecular weight is 388 g/mol. The number of nitrogens with zero attached hydrogens (tertiary/aromatic N) is 4. The lowest BCUT2D eigenvalue weighted by Crippen LogP contribution is -2.30. The molecule has 1 atom stereocenters. The van der Waals surface area contributed by atoms with Crippen molar-refractivity contribution < 1.29 is 14.3 Å². The maximum atomic E-state index is 12.5. The fourth-order valence-electron chi connectivity index (χ4n) is 2.42. The Hall–Kier alpha value is -3.13. The van der Waals surface area contributed by atoms with E-state index in [0.29, 0.717) is 33.7 Å². The fourth-order valence-corrected chi connectivity index (χ4v) is 2.60. The van der Waals surface area contributed by atoms with Crippen LogP contribution in [0.1, 0.15) is 12.7 Å². The van der Waals surface area contributed by atoms with E-state index in [1.807, 2.05) is 0 Å². The van der Waals surface area contributed by atoms with Gasteiger partial charge >= 0.3 is 0 Å². The van der Waals surface area contributed by atoms with Gasteiger partial charge in [-0.25, -0.2) is 0 Å². The lowest BCUT2D eigenvalue weighted by molar-refractivity contribution is -0.122. The van der Waals surface area contributed by atoms with Gasteiger partial charge in [-0.15, -0.1) is 5.10 Å². The van der Waals surface area contributed by atoms with Crippen LogP contribution in [0.15, 0.2) is 42.5 Å². The number of aryl methyl sites for hydroxylation is 1. The Morgan fingerprint density at radius 3 is 2.67 bits per heavy atom. The Morgan fingerprint density at radius 1 is 1.22 bits per heavy atom. The summed E-state index contributed by atoms with van der Waals surface area (Å²) in [6.07, 6.45) is -0.745. The number of hydrogen-bond donors (Lipinski definition) is 1. The quantitative estimate of drug-likeness (QED) is 0.699. The minimum atomic E-state index is -0.745. The standard InChI is InChI=1S/C18H18ClN5O3/c1-11(27-16-7-5-4-6-14(16)19)18(25)20-13-8-9-17(26-3)15(10-13)24-12(2)21-22-23-24/h4-11H,1-3H3,(H,20,25). The zero-order valence-electron chi connectivity index (χ0n) is 15.0. The highest BCUT2D eigenvalue weighted by atomic mass is 35.5. The highest BCUT2D eigenvalue weighted by Gasteiger charge is 2.18. The van der Waals surface area contributed by atoms with Gasteiger partial charge in [0, 0.05) is 5.69 Å². The summed E-state index contributed by atoms with van der Waals surface area (Å²) in [7, 11) is 1.55. The number of tetrazole rings is 1. The van der Waals surface area contributed by atoms with Crippen molar-refractivity contribution in [3.05, 3.63) is 53.3 Å². The van der Waals surface area contributed by atoms with Crippen LogP contribution in [0, 0.1) is 6.92 Å². The molecular formula is C18H18ClN5O3. The third-order valence-corrected chi connectivity index (χ3v) is 4.12. The van der Waals surface area contributed by atoms with E-state index in [4.69, 9.17) is 21.1 Å². The number of carbonyl (C=O) groups excluding carboxylic acids is 1. The van der Waals surface area contributed by atoms with E-state index < -0.39 is 6.10 Å². The van der Waals surface area contributed by atoms with E-state index in [1.165, 1.54) is 4.68 Å². The Kier molecular flexibility index (Phi) is 5.56. The van der Waals surface area contributed by atoms with E-state index in [9.17, 15) is 4.79 Å². The molecule has 27 heavy (non-hydrogen) atoms. The molecule has 0 spiro atoms. The third kappa shape index (κ3) is 4.17. The van der Waals surface area contributed by atoms with Gasteiger partial charge in [-0.3, -0.25) is 4.79 Å². The molecule has 1 aromatic heterocycles. The van der Waals surface area contributed by atoms with Gasteiger partial charge < -0.3 is 14.8 Å². The van der Waals surface area contributed by atoms with Gasteiger partial charge in [-0.2, -0.15) is 4.68 Å². The molecule has 1 amide bonds.